The molecule has 5 rings (SSSR count). The lowest BCUT2D eigenvalue weighted by atomic mass is 10.0. The van der Waals surface area contributed by atoms with Gasteiger partial charge in [-0.15, -0.1) is 0 Å². The molecular weight excluding hydrogens is 376 g/mol. The summed E-state index contributed by atoms with van der Waals surface area (Å²) >= 11 is 0. The third kappa shape index (κ3) is 3.22. The number of benzene rings is 3. The van der Waals surface area contributed by atoms with Crippen LogP contribution in [0.1, 0.15) is 33.1 Å². The van der Waals surface area contributed by atoms with E-state index >= 15 is 0 Å². The van der Waals surface area contributed by atoms with E-state index < -0.39 is 0 Å². The van der Waals surface area contributed by atoms with Gasteiger partial charge in [-0.2, -0.15) is 0 Å². The number of rotatable bonds is 5. The molecule has 0 aliphatic heterocycles. The van der Waals surface area contributed by atoms with Crippen LogP contribution in [0.25, 0.3) is 22.1 Å². The number of carbonyl (C=O) groups excluding carboxylic acids is 1. The molecule has 7 nitrogen and oxygen atoms in total. The van der Waals surface area contributed by atoms with Crippen molar-refractivity contribution < 1.29 is 4.79 Å². The second kappa shape index (κ2) is 6.97. The van der Waals surface area contributed by atoms with Gasteiger partial charge >= 0.3 is 0 Å². The average molecular weight is 394 g/mol. The number of nitrogens with two attached hydrogens (primary N) is 1. The van der Waals surface area contributed by atoms with Gasteiger partial charge in [0.1, 0.15) is 17.5 Å². The van der Waals surface area contributed by atoms with Crippen LogP contribution in [0.2, 0.25) is 0 Å². The summed E-state index contributed by atoms with van der Waals surface area (Å²) in [4.78, 5) is 28.5. The molecule has 5 aromatic rings. The first-order valence-electron chi connectivity index (χ1n) is 9.48. The number of nitrogens with one attached hydrogen (secondary N) is 3. The summed E-state index contributed by atoms with van der Waals surface area (Å²) in [5.74, 6) is 1.49. The molecular formula is C23H18N6O. The third-order valence-corrected chi connectivity index (χ3v) is 5.01. The predicted molar refractivity (Wildman–Crippen MR) is 116 cm³/mol. The van der Waals surface area contributed by atoms with Crippen LogP contribution in [0, 0.1) is 5.41 Å². The SMILES string of the molecule is N=C(N)c1ccc2[nH]c(Cc3nc4cc(C(=O)c5ccccc5)ccc4[nH]3)nc2c1. The van der Waals surface area contributed by atoms with Crippen molar-refractivity contribution in [3.63, 3.8) is 0 Å². The summed E-state index contributed by atoms with van der Waals surface area (Å²) in [5.41, 5.74) is 10.7. The molecule has 0 atom stereocenters. The van der Waals surface area contributed by atoms with Crippen LogP contribution in [0.5, 0.6) is 0 Å². The number of hydrogen-bond donors (Lipinski definition) is 4. The molecule has 0 fully saturated rings. The van der Waals surface area contributed by atoms with Gasteiger partial charge in [-0.3, -0.25) is 10.2 Å². The maximum absolute atomic E-state index is 12.7. The van der Waals surface area contributed by atoms with Crippen molar-refractivity contribution >= 4 is 33.7 Å². The second-order valence-electron chi connectivity index (χ2n) is 7.12. The van der Waals surface area contributed by atoms with Crippen LogP contribution in [-0.2, 0) is 6.42 Å². The highest BCUT2D eigenvalue weighted by Crippen LogP contribution is 2.19. The highest BCUT2D eigenvalue weighted by Gasteiger charge is 2.12. The second-order valence-corrected chi connectivity index (χ2v) is 7.12. The molecule has 0 unspecified atom stereocenters. The quantitative estimate of drug-likeness (QED) is 0.207. The molecule has 146 valence electrons. The van der Waals surface area contributed by atoms with Crippen molar-refractivity contribution in [3.05, 3.63) is 95.1 Å². The number of imidazole rings is 2. The Labute approximate surface area is 171 Å². The zero-order valence-electron chi connectivity index (χ0n) is 15.9. The van der Waals surface area contributed by atoms with E-state index in [-0.39, 0.29) is 11.6 Å². The number of carbonyl (C=O) groups is 1. The summed E-state index contributed by atoms with van der Waals surface area (Å²) in [6.45, 7) is 0. The first-order valence-corrected chi connectivity index (χ1v) is 9.48. The van der Waals surface area contributed by atoms with Gasteiger partial charge in [-0.05, 0) is 36.4 Å². The summed E-state index contributed by atoms with van der Waals surface area (Å²) in [6.07, 6.45) is 0.487. The molecule has 0 radical (unpaired) electrons. The minimum Gasteiger partial charge on any atom is -0.384 e. The topological polar surface area (TPSA) is 124 Å². The van der Waals surface area contributed by atoms with Crippen LogP contribution in [0.15, 0.2) is 66.7 Å². The Morgan fingerprint density at radius 3 is 1.97 bits per heavy atom. The lowest BCUT2D eigenvalue weighted by molar-refractivity contribution is 0.103. The zero-order valence-corrected chi connectivity index (χ0v) is 15.9. The Kier molecular flexibility index (Phi) is 4.14. The Morgan fingerprint density at radius 2 is 1.37 bits per heavy atom. The third-order valence-electron chi connectivity index (χ3n) is 5.01. The van der Waals surface area contributed by atoms with Crippen molar-refractivity contribution in [1.29, 1.82) is 5.41 Å². The van der Waals surface area contributed by atoms with E-state index in [4.69, 9.17) is 11.1 Å². The van der Waals surface area contributed by atoms with Crippen LogP contribution in [0.3, 0.4) is 0 Å². The molecule has 0 bridgehead atoms. The number of nitrogens with zero attached hydrogens (tertiary/aromatic N) is 2. The fourth-order valence-electron chi connectivity index (χ4n) is 3.51. The van der Waals surface area contributed by atoms with E-state index in [0.29, 0.717) is 23.1 Å². The van der Waals surface area contributed by atoms with Crippen molar-refractivity contribution in [1.82, 2.24) is 19.9 Å². The Morgan fingerprint density at radius 1 is 0.800 bits per heavy atom. The average Bonchev–Trinajstić information content (AvgIpc) is 3.35. The molecule has 3 aromatic carbocycles. The number of hydrogen-bond acceptors (Lipinski definition) is 4. The van der Waals surface area contributed by atoms with Gasteiger partial charge < -0.3 is 15.7 Å². The monoisotopic (exact) mass is 394 g/mol. The lowest BCUT2D eigenvalue weighted by Crippen LogP contribution is -2.10. The molecule has 0 aliphatic carbocycles. The number of ketones is 1. The van der Waals surface area contributed by atoms with Crippen LogP contribution < -0.4 is 5.73 Å². The first-order chi connectivity index (χ1) is 14.6. The number of aromatic nitrogens is 4. The molecule has 0 aliphatic rings. The molecule has 2 aromatic heterocycles. The van der Waals surface area contributed by atoms with Crippen LogP contribution in [0.4, 0.5) is 0 Å². The maximum atomic E-state index is 12.7. The van der Waals surface area contributed by atoms with E-state index in [0.717, 1.165) is 33.7 Å². The van der Waals surface area contributed by atoms with Gasteiger partial charge in [0.2, 0.25) is 0 Å². The molecule has 7 heteroatoms. The van der Waals surface area contributed by atoms with Crippen molar-refractivity contribution in [2.45, 2.75) is 6.42 Å². The number of fused-ring (bicyclic) bond motifs is 2. The zero-order chi connectivity index (χ0) is 20.7. The molecule has 30 heavy (non-hydrogen) atoms. The van der Waals surface area contributed by atoms with E-state index in [9.17, 15) is 4.79 Å². The molecule has 5 N–H and O–H groups in total. The normalized spacial score (nSPS) is 11.2. The molecule has 0 saturated heterocycles. The fraction of sp³-hybridized carbons (Fsp3) is 0.0435. The molecule has 2 heterocycles. The summed E-state index contributed by atoms with van der Waals surface area (Å²) in [7, 11) is 0. The first kappa shape index (κ1) is 17.8. The summed E-state index contributed by atoms with van der Waals surface area (Å²) < 4.78 is 0. The van der Waals surface area contributed by atoms with E-state index in [2.05, 4.69) is 19.9 Å². The highest BCUT2D eigenvalue weighted by atomic mass is 16.1. The Balaban J connectivity index is 1.43. The fourth-order valence-corrected chi connectivity index (χ4v) is 3.51. The van der Waals surface area contributed by atoms with Crippen LogP contribution in [-0.4, -0.2) is 31.6 Å². The molecule has 0 spiro atoms. The van der Waals surface area contributed by atoms with Crippen molar-refractivity contribution in [2.24, 2.45) is 5.73 Å². The number of H-pyrrole nitrogens is 2. The molecule has 0 saturated carbocycles. The molecule has 0 amide bonds. The van der Waals surface area contributed by atoms with Gasteiger partial charge in [0, 0.05) is 16.7 Å². The summed E-state index contributed by atoms with van der Waals surface area (Å²) in [5, 5.41) is 7.56. The van der Waals surface area contributed by atoms with E-state index in [1.807, 2.05) is 54.6 Å². The standard InChI is InChI=1S/C23H18N6O/c24-23(25)15-7-9-17-19(11-15)29-21(27-17)12-20-26-16-8-6-14(10-18(16)28-20)22(30)13-4-2-1-3-5-13/h1-11H,12H2,(H3,24,25)(H,26,28)(H,27,29). The Bertz CT molecular complexity index is 1410. The number of amidine groups is 1. The minimum atomic E-state index is -0.0272. The highest BCUT2D eigenvalue weighted by molar-refractivity contribution is 6.10. The van der Waals surface area contributed by atoms with E-state index in [1.54, 1.807) is 12.1 Å². The van der Waals surface area contributed by atoms with Gasteiger partial charge in [0.05, 0.1) is 28.5 Å². The lowest BCUT2D eigenvalue weighted by Gasteiger charge is -2.00. The van der Waals surface area contributed by atoms with Gasteiger partial charge in [-0.25, -0.2) is 9.97 Å². The Hall–Kier alpha value is -4.26. The minimum absolute atomic E-state index is 0.0135. The van der Waals surface area contributed by atoms with Gasteiger partial charge in [-0.1, -0.05) is 30.3 Å². The largest absolute Gasteiger partial charge is 0.384 e. The smallest absolute Gasteiger partial charge is 0.193 e. The van der Waals surface area contributed by atoms with Crippen molar-refractivity contribution in [2.75, 3.05) is 0 Å². The number of nitrogen functional groups attached to an aromatic ring is 1. The van der Waals surface area contributed by atoms with E-state index in [1.165, 1.54) is 0 Å². The summed E-state index contributed by atoms with van der Waals surface area (Å²) in [6, 6.07) is 20.1. The number of aromatic amines is 2. The van der Waals surface area contributed by atoms with Crippen molar-refractivity contribution in [3.8, 4) is 0 Å². The van der Waals surface area contributed by atoms with Gasteiger partial charge in [0.15, 0.2) is 5.78 Å². The predicted octanol–water partition coefficient (Wildman–Crippen LogP) is 3.55. The maximum Gasteiger partial charge on any atom is 0.193 e. The van der Waals surface area contributed by atoms with Crippen LogP contribution >= 0.6 is 0 Å². The van der Waals surface area contributed by atoms with Gasteiger partial charge in [0.25, 0.3) is 0 Å².